The van der Waals surface area contributed by atoms with E-state index in [0.29, 0.717) is 6.42 Å². The molecular formula is C12H25NO. The van der Waals surface area contributed by atoms with E-state index in [-0.39, 0.29) is 16.9 Å². The zero-order valence-corrected chi connectivity index (χ0v) is 10.5. The van der Waals surface area contributed by atoms with Gasteiger partial charge in [0.2, 0.25) is 5.91 Å². The maximum atomic E-state index is 11.6. The van der Waals surface area contributed by atoms with Crippen LogP contribution in [0.3, 0.4) is 0 Å². The van der Waals surface area contributed by atoms with Crippen molar-refractivity contribution in [3.05, 3.63) is 0 Å². The van der Waals surface area contributed by atoms with Gasteiger partial charge in [-0.05, 0) is 25.7 Å². The van der Waals surface area contributed by atoms with Crippen molar-refractivity contribution in [1.82, 2.24) is 5.32 Å². The second-order valence-electron chi connectivity index (χ2n) is 5.92. The number of hydrogen-bond acceptors (Lipinski definition) is 1. The fourth-order valence-electron chi connectivity index (χ4n) is 1.59. The maximum absolute atomic E-state index is 11.6. The fourth-order valence-corrected chi connectivity index (χ4v) is 1.59. The lowest BCUT2D eigenvalue weighted by Crippen LogP contribution is -2.44. The van der Waals surface area contributed by atoms with E-state index < -0.39 is 0 Å². The number of rotatable bonds is 4. The average Bonchev–Trinajstić information content (AvgIpc) is 1.78. The molecule has 0 aliphatic carbocycles. The lowest BCUT2D eigenvalue weighted by molar-refractivity contribution is -0.124. The van der Waals surface area contributed by atoms with Gasteiger partial charge in [-0.1, -0.05) is 34.1 Å². The van der Waals surface area contributed by atoms with Gasteiger partial charge in [0.15, 0.2) is 0 Å². The van der Waals surface area contributed by atoms with Gasteiger partial charge in [-0.2, -0.15) is 0 Å². The molecule has 0 radical (unpaired) electrons. The maximum Gasteiger partial charge on any atom is 0.220 e. The zero-order valence-electron chi connectivity index (χ0n) is 10.5. The molecule has 0 aliphatic heterocycles. The first-order valence-corrected chi connectivity index (χ1v) is 5.47. The minimum absolute atomic E-state index is 0.0584. The summed E-state index contributed by atoms with van der Waals surface area (Å²) in [5.41, 5.74) is 0.0173. The Morgan fingerprint density at radius 3 is 2.00 bits per heavy atom. The molecule has 0 spiro atoms. The lowest BCUT2D eigenvalue weighted by atomic mass is 9.90. The Morgan fingerprint density at radius 1 is 1.14 bits per heavy atom. The number of amides is 1. The van der Waals surface area contributed by atoms with Crippen molar-refractivity contribution in [2.24, 2.45) is 5.41 Å². The van der Waals surface area contributed by atoms with E-state index in [1.807, 2.05) is 0 Å². The van der Waals surface area contributed by atoms with Crippen LogP contribution in [0, 0.1) is 5.41 Å². The molecule has 0 aromatic carbocycles. The summed E-state index contributed by atoms with van der Waals surface area (Å²) < 4.78 is 0. The minimum Gasteiger partial charge on any atom is -0.351 e. The highest BCUT2D eigenvalue weighted by Gasteiger charge is 2.22. The van der Waals surface area contributed by atoms with Gasteiger partial charge in [-0.25, -0.2) is 0 Å². The van der Waals surface area contributed by atoms with Gasteiger partial charge in [-0.3, -0.25) is 4.79 Å². The summed E-state index contributed by atoms with van der Waals surface area (Å²) >= 11 is 0. The summed E-state index contributed by atoms with van der Waals surface area (Å²) in [7, 11) is 0. The molecule has 0 atom stereocenters. The number of nitrogens with one attached hydrogen (secondary N) is 1. The molecule has 0 aromatic heterocycles. The van der Waals surface area contributed by atoms with Crippen LogP contribution in [0.1, 0.15) is 60.8 Å². The highest BCUT2D eigenvalue weighted by molar-refractivity contribution is 5.77. The van der Waals surface area contributed by atoms with Crippen molar-refractivity contribution in [2.75, 3.05) is 0 Å². The van der Waals surface area contributed by atoms with E-state index in [0.717, 1.165) is 12.8 Å². The van der Waals surface area contributed by atoms with Crippen LogP contribution in [0.4, 0.5) is 0 Å². The molecule has 84 valence electrons. The highest BCUT2D eigenvalue weighted by atomic mass is 16.1. The third kappa shape index (κ3) is 6.93. The Labute approximate surface area is 88.5 Å². The molecule has 2 heteroatoms. The van der Waals surface area contributed by atoms with Crippen LogP contribution in [0.15, 0.2) is 0 Å². The highest BCUT2D eigenvalue weighted by Crippen LogP contribution is 2.19. The molecular weight excluding hydrogens is 174 g/mol. The first-order valence-electron chi connectivity index (χ1n) is 5.47. The summed E-state index contributed by atoms with van der Waals surface area (Å²) in [6.07, 6.45) is 2.73. The molecule has 14 heavy (non-hydrogen) atoms. The average molecular weight is 199 g/mol. The predicted octanol–water partition coefficient (Wildman–Crippen LogP) is 3.12. The minimum atomic E-state index is -0.0584. The van der Waals surface area contributed by atoms with E-state index in [1.165, 1.54) is 0 Å². The zero-order chi connectivity index (χ0) is 11.4. The van der Waals surface area contributed by atoms with Crippen molar-refractivity contribution in [3.8, 4) is 0 Å². The van der Waals surface area contributed by atoms with Crippen LogP contribution in [-0.4, -0.2) is 11.4 Å². The summed E-state index contributed by atoms with van der Waals surface area (Å²) in [6.45, 7) is 12.5. The Balaban J connectivity index is 4.06. The second-order valence-corrected chi connectivity index (χ2v) is 5.92. The molecule has 0 unspecified atom stereocenters. The van der Waals surface area contributed by atoms with E-state index in [2.05, 4.69) is 46.9 Å². The summed E-state index contributed by atoms with van der Waals surface area (Å²) in [5.74, 6) is 0.163. The van der Waals surface area contributed by atoms with Gasteiger partial charge in [0.05, 0.1) is 0 Å². The molecule has 1 amide bonds. The Hall–Kier alpha value is -0.530. The monoisotopic (exact) mass is 199 g/mol. The standard InChI is InChI=1S/C12H25NO/c1-7-8-12(5,6)13-10(14)9-11(2,3)4/h7-9H2,1-6H3,(H,13,14). The van der Waals surface area contributed by atoms with Crippen molar-refractivity contribution in [2.45, 2.75) is 66.3 Å². The molecule has 0 heterocycles. The summed E-state index contributed by atoms with van der Waals surface area (Å²) in [6, 6.07) is 0. The third-order valence-corrected chi connectivity index (χ3v) is 2.04. The van der Waals surface area contributed by atoms with Gasteiger partial charge >= 0.3 is 0 Å². The van der Waals surface area contributed by atoms with Crippen LogP contribution < -0.4 is 5.32 Å². The molecule has 0 fully saturated rings. The van der Waals surface area contributed by atoms with Gasteiger partial charge in [0.25, 0.3) is 0 Å². The Morgan fingerprint density at radius 2 is 1.64 bits per heavy atom. The van der Waals surface area contributed by atoms with Gasteiger partial charge < -0.3 is 5.32 Å². The lowest BCUT2D eigenvalue weighted by Gasteiger charge is -2.28. The van der Waals surface area contributed by atoms with Crippen molar-refractivity contribution >= 4 is 5.91 Å². The quantitative estimate of drug-likeness (QED) is 0.740. The van der Waals surface area contributed by atoms with Gasteiger partial charge in [-0.15, -0.1) is 0 Å². The van der Waals surface area contributed by atoms with Crippen molar-refractivity contribution in [3.63, 3.8) is 0 Å². The SMILES string of the molecule is CCCC(C)(C)NC(=O)CC(C)(C)C. The second kappa shape index (κ2) is 4.81. The Bertz CT molecular complexity index is 189. The molecule has 1 N–H and O–H groups in total. The topological polar surface area (TPSA) is 29.1 Å². The number of carbonyl (C=O) groups excluding carboxylic acids is 1. The van der Waals surface area contributed by atoms with Crippen molar-refractivity contribution in [1.29, 1.82) is 0 Å². The van der Waals surface area contributed by atoms with Crippen LogP contribution >= 0.6 is 0 Å². The van der Waals surface area contributed by atoms with E-state index in [4.69, 9.17) is 0 Å². The molecule has 0 rings (SSSR count). The molecule has 0 aromatic rings. The predicted molar refractivity (Wildman–Crippen MR) is 61.2 cm³/mol. The van der Waals surface area contributed by atoms with Crippen LogP contribution in [-0.2, 0) is 4.79 Å². The largest absolute Gasteiger partial charge is 0.351 e. The van der Waals surface area contributed by atoms with E-state index in [9.17, 15) is 4.79 Å². The summed E-state index contributed by atoms with van der Waals surface area (Å²) in [4.78, 5) is 11.6. The van der Waals surface area contributed by atoms with Gasteiger partial charge in [0, 0.05) is 12.0 Å². The van der Waals surface area contributed by atoms with Gasteiger partial charge in [0.1, 0.15) is 0 Å². The molecule has 0 bridgehead atoms. The summed E-state index contributed by atoms with van der Waals surface area (Å²) in [5, 5.41) is 3.07. The van der Waals surface area contributed by atoms with E-state index >= 15 is 0 Å². The molecule has 0 aliphatic rings. The third-order valence-electron chi connectivity index (χ3n) is 2.04. The van der Waals surface area contributed by atoms with Crippen LogP contribution in [0.25, 0.3) is 0 Å². The van der Waals surface area contributed by atoms with Crippen molar-refractivity contribution < 1.29 is 4.79 Å². The first kappa shape index (κ1) is 13.5. The van der Waals surface area contributed by atoms with Crippen LogP contribution in [0.2, 0.25) is 0 Å². The molecule has 2 nitrogen and oxygen atoms in total. The normalized spacial score (nSPS) is 12.7. The molecule has 0 saturated heterocycles. The Kier molecular flexibility index (Phi) is 4.63. The van der Waals surface area contributed by atoms with E-state index in [1.54, 1.807) is 0 Å². The fraction of sp³-hybridized carbons (Fsp3) is 0.917. The number of carbonyl (C=O) groups is 1. The smallest absolute Gasteiger partial charge is 0.220 e. The molecule has 0 saturated carbocycles. The number of hydrogen-bond donors (Lipinski definition) is 1. The van der Waals surface area contributed by atoms with Crippen LogP contribution in [0.5, 0.6) is 0 Å². The first-order chi connectivity index (χ1) is 6.16.